The lowest BCUT2D eigenvalue weighted by molar-refractivity contribution is -0.143. The topological polar surface area (TPSA) is 52.7 Å². The molecule has 1 saturated carbocycles. The first-order valence-corrected chi connectivity index (χ1v) is 8.93. The van der Waals surface area contributed by atoms with E-state index >= 15 is 0 Å². The fourth-order valence-corrected chi connectivity index (χ4v) is 3.28. The Labute approximate surface area is 145 Å². The number of amides is 2. The quantitative estimate of drug-likeness (QED) is 0.816. The molecule has 23 heavy (non-hydrogen) atoms. The van der Waals surface area contributed by atoms with Crippen LogP contribution in [0.2, 0.25) is 0 Å². The number of rotatable bonds is 4. The third-order valence-electron chi connectivity index (χ3n) is 4.80. The van der Waals surface area contributed by atoms with E-state index in [9.17, 15) is 9.59 Å². The van der Waals surface area contributed by atoms with Crippen LogP contribution in [0.25, 0.3) is 0 Å². The average molecular weight is 380 g/mol. The molecule has 1 heterocycles. The van der Waals surface area contributed by atoms with E-state index in [2.05, 4.69) is 33.1 Å². The zero-order valence-corrected chi connectivity index (χ0v) is 14.9. The fraction of sp³-hybridized carbons (Fsp3) is 0.529. The molecule has 2 fully saturated rings. The molecule has 1 aliphatic carbocycles. The summed E-state index contributed by atoms with van der Waals surface area (Å²) in [5.41, 5.74) is -0.102. The minimum Gasteiger partial charge on any atom is -0.339 e. The van der Waals surface area contributed by atoms with E-state index in [1.807, 2.05) is 29.2 Å². The molecule has 5 nitrogen and oxygen atoms in total. The minimum absolute atomic E-state index is 0.00265. The number of piperazine rings is 1. The van der Waals surface area contributed by atoms with Crippen molar-refractivity contribution in [1.29, 1.82) is 0 Å². The number of benzene rings is 1. The maximum Gasteiger partial charge on any atom is 0.240 e. The lowest BCUT2D eigenvalue weighted by Crippen LogP contribution is -2.52. The van der Waals surface area contributed by atoms with Crippen LogP contribution in [-0.4, -0.2) is 54.3 Å². The number of halogens is 1. The van der Waals surface area contributed by atoms with Crippen molar-refractivity contribution in [2.75, 3.05) is 38.0 Å². The molecule has 1 saturated heterocycles. The van der Waals surface area contributed by atoms with E-state index < -0.39 is 5.41 Å². The lowest BCUT2D eigenvalue weighted by atomic mass is 10.0. The average Bonchev–Trinajstić information content (AvgIpc) is 3.38. The van der Waals surface area contributed by atoms with Gasteiger partial charge >= 0.3 is 0 Å². The van der Waals surface area contributed by atoms with Gasteiger partial charge in [-0.2, -0.15) is 0 Å². The van der Waals surface area contributed by atoms with Crippen LogP contribution in [0.1, 0.15) is 19.8 Å². The largest absolute Gasteiger partial charge is 0.339 e. The predicted molar refractivity (Wildman–Crippen MR) is 93.1 cm³/mol. The smallest absolute Gasteiger partial charge is 0.240 e. The molecule has 0 aromatic heterocycles. The molecular formula is C17H22BrN3O2. The maximum absolute atomic E-state index is 12.8. The number of hydrogen-bond acceptors (Lipinski definition) is 3. The molecule has 1 N–H and O–H groups in total. The van der Waals surface area contributed by atoms with Gasteiger partial charge in [0.2, 0.25) is 11.8 Å². The van der Waals surface area contributed by atoms with Crippen LogP contribution in [0.5, 0.6) is 0 Å². The molecule has 0 bridgehead atoms. The van der Waals surface area contributed by atoms with Gasteiger partial charge in [0.15, 0.2) is 0 Å². The summed E-state index contributed by atoms with van der Waals surface area (Å²) in [6, 6.07) is 7.42. The van der Waals surface area contributed by atoms with Gasteiger partial charge in [0.25, 0.3) is 0 Å². The Morgan fingerprint density at radius 3 is 2.26 bits per heavy atom. The first-order valence-electron chi connectivity index (χ1n) is 8.14. The number of hydrogen-bond donors (Lipinski definition) is 1. The van der Waals surface area contributed by atoms with Crippen LogP contribution in [0.4, 0.5) is 5.69 Å². The zero-order chi connectivity index (χ0) is 16.4. The van der Waals surface area contributed by atoms with Crippen molar-refractivity contribution in [2.24, 2.45) is 5.41 Å². The Hall–Kier alpha value is -1.40. The number of likely N-dealkylation sites (N-methyl/N-ethyl adjacent to an activating group) is 1. The van der Waals surface area contributed by atoms with Crippen LogP contribution in [0, 0.1) is 5.41 Å². The van der Waals surface area contributed by atoms with E-state index in [4.69, 9.17) is 0 Å². The Morgan fingerprint density at radius 1 is 1.13 bits per heavy atom. The summed E-state index contributed by atoms with van der Waals surface area (Å²) in [5, 5.41) is 2.89. The second-order valence-electron chi connectivity index (χ2n) is 6.27. The molecule has 3 rings (SSSR count). The monoisotopic (exact) mass is 379 g/mol. The van der Waals surface area contributed by atoms with Gasteiger partial charge in [-0.15, -0.1) is 0 Å². The number of nitrogens with zero attached hydrogens (tertiary/aromatic N) is 2. The van der Waals surface area contributed by atoms with Gasteiger partial charge < -0.3 is 15.1 Å². The number of nitrogens with one attached hydrogen (secondary N) is 1. The molecule has 124 valence electrons. The van der Waals surface area contributed by atoms with Gasteiger partial charge in [0, 0.05) is 36.3 Å². The molecule has 0 atom stereocenters. The number of carbonyl (C=O) groups is 2. The molecule has 6 heteroatoms. The third kappa shape index (κ3) is 3.43. The van der Waals surface area contributed by atoms with Crippen LogP contribution < -0.4 is 5.32 Å². The van der Waals surface area contributed by atoms with Crippen molar-refractivity contribution >= 4 is 33.4 Å². The zero-order valence-electron chi connectivity index (χ0n) is 13.3. The minimum atomic E-state index is -0.832. The summed E-state index contributed by atoms with van der Waals surface area (Å²) in [6.45, 7) is 6.38. The molecule has 2 amide bonds. The molecular weight excluding hydrogens is 358 g/mol. The molecule has 0 unspecified atom stereocenters. The Bertz CT molecular complexity index is 590. The highest BCUT2D eigenvalue weighted by Crippen LogP contribution is 2.48. The predicted octanol–water partition coefficient (Wildman–Crippen LogP) is 2.33. The molecule has 0 radical (unpaired) electrons. The van der Waals surface area contributed by atoms with Crippen LogP contribution in [-0.2, 0) is 9.59 Å². The fourth-order valence-electron chi connectivity index (χ4n) is 3.02. The lowest BCUT2D eigenvalue weighted by Gasteiger charge is -2.35. The summed E-state index contributed by atoms with van der Waals surface area (Å²) in [7, 11) is 0. The van der Waals surface area contributed by atoms with Crippen LogP contribution in [0.3, 0.4) is 0 Å². The molecule has 2 aliphatic rings. The van der Waals surface area contributed by atoms with Gasteiger partial charge in [-0.1, -0.05) is 22.9 Å². The standard InChI is InChI=1S/C17H22BrN3O2/c1-2-20-9-11-21(12-10-20)16(23)17(7-8-17)15(22)19-14-5-3-13(18)4-6-14/h3-6H,2,7-12H2,1H3,(H,19,22). The van der Waals surface area contributed by atoms with Gasteiger partial charge in [-0.3, -0.25) is 9.59 Å². The first-order chi connectivity index (χ1) is 11.0. The normalized spacial score (nSPS) is 20.2. The van der Waals surface area contributed by atoms with Crippen LogP contribution >= 0.6 is 15.9 Å². The number of anilines is 1. The van der Waals surface area contributed by atoms with E-state index in [0.717, 1.165) is 42.9 Å². The summed E-state index contributed by atoms with van der Waals surface area (Å²) in [4.78, 5) is 29.6. The van der Waals surface area contributed by atoms with Crippen LogP contribution in [0.15, 0.2) is 28.7 Å². The Morgan fingerprint density at radius 2 is 1.74 bits per heavy atom. The molecule has 1 aliphatic heterocycles. The number of carbonyl (C=O) groups excluding carboxylic acids is 2. The first kappa shape index (κ1) is 16.5. The maximum atomic E-state index is 12.8. The SMILES string of the molecule is CCN1CCN(C(=O)C2(C(=O)Nc3ccc(Br)cc3)CC2)CC1. The van der Waals surface area contributed by atoms with Crippen molar-refractivity contribution < 1.29 is 9.59 Å². The van der Waals surface area contributed by atoms with Crippen molar-refractivity contribution in [1.82, 2.24) is 9.80 Å². The van der Waals surface area contributed by atoms with E-state index in [-0.39, 0.29) is 11.8 Å². The summed E-state index contributed by atoms with van der Waals surface area (Å²) >= 11 is 3.37. The van der Waals surface area contributed by atoms with E-state index in [0.29, 0.717) is 12.8 Å². The van der Waals surface area contributed by atoms with Crippen molar-refractivity contribution in [3.8, 4) is 0 Å². The summed E-state index contributed by atoms with van der Waals surface area (Å²) in [5.74, 6) is -0.161. The molecule has 1 aromatic carbocycles. The highest BCUT2D eigenvalue weighted by Gasteiger charge is 2.58. The van der Waals surface area contributed by atoms with Gasteiger partial charge in [-0.25, -0.2) is 0 Å². The second kappa shape index (κ2) is 6.61. The Kier molecular flexibility index (Phi) is 4.73. The summed E-state index contributed by atoms with van der Waals surface area (Å²) < 4.78 is 0.960. The van der Waals surface area contributed by atoms with Gasteiger partial charge in [0.1, 0.15) is 5.41 Å². The second-order valence-corrected chi connectivity index (χ2v) is 7.19. The van der Waals surface area contributed by atoms with Gasteiger partial charge in [0.05, 0.1) is 0 Å². The van der Waals surface area contributed by atoms with Crippen molar-refractivity contribution in [2.45, 2.75) is 19.8 Å². The van der Waals surface area contributed by atoms with Crippen molar-refractivity contribution in [3.63, 3.8) is 0 Å². The highest BCUT2D eigenvalue weighted by molar-refractivity contribution is 9.10. The third-order valence-corrected chi connectivity index (χ3v) is 5.33. The van der Waals surface area contributed by atoms with Crippen molar-refractivity contribution in [3.05, 3.63) is 28.7 Å². The van der Waals surface area contributed by atoms with Gasteiger partial charge in [-0.05, 0) is 43.7 Å². The highest BCUT2D eigenvalue weighted by atomic mass is 79.9. The van der Waals surface area contributed by atoms with E-state index in [1.54, 1.807) is 0 Å². The Balaban J connectivity index is 1.63. The summed E-state index contributed by atoms with van der Waals surface area (Å²) in [6.07, 6.45) is 1.31. The molecule has 0 spiro atoms. The molecule has 1 aromatic rings. The van der Waals surface area contributed by atoms with E-state index in [1.165, 1.54) is 0 Å².